The first kappa shape index (κ1) is 18.4. The molecule has 3 rings (SSSR count). The van der Waals surface area contributed by atoms with Gasteiger partial charge in [-0.15, -0.1) is 0 Å². The summed E-state index contributed by atoms with van der Waals surface area (Å²) in [5.41, 5.74) is 1.44. The number of fused-ring (bicyclic) bond motifs is 1. The van der Waals surface area contributed by atoms with Crippen LogP contribution in [0.15, 0.2) is 40.4 Å². The number of halogens is 2. The average molecular weight is 377 g/mol. The van der Waals surface area contributed by atoms with Crippen molar-refractivity contribution in [1.29, 1.82) is 0 Å². The molecule has 0 aliphatic carbocycles. The van der Waals surface area contributed by atoms with E-state index in [1.165, 1.54) is 25.3 Å². The third-order valence-electron chi connectivity index (χ3n) is 4.31. The van der Waals surface area contributed by atoms with Gasteiger partial charge in [-0.25, -0.2) is 19.4 Å². The van der Waals surface area contributed by atoms with Crippen LogP contribution < -0.4 is 16.2 Å². The summed E-state index contributed by atoms with van der Waals surface area (Å²) >= 11 is 6.29. The standard InChI is InChI=1S/C18H18ClFN4O2/c1-3-12(8-21-10(2)25)18(26)23-16-15(11-4-6-13(20)7-5-11)14(19)9-22-17(16)24-18/h4-7,9,12,26H,3,8H2,1-2H3,(H,21,25)/t12-,18?/m1/s1. The molecular weight excluding hydrogens is 359 g/mol. The lowest BCUT2D eigenvalue weighted by Crippen LogP contribution is -2.41. The topological polar surface area (TPSA) is 86.9 Å². The summed E-state index contributed by atoms with van der Waals surface area (Å²) in [5.74, 6) is -2.74. The van der Waals surface area contributed by atoms with Crippen molar-refractivity contribution in [3.8, 4) is 11.1 Å². The fourth-order valence-electron chi connectivity index (χ4n) is 2.90. The van der Waals surface area contributed by atoms with E-state index in [1.54, 1.807) is 12.1 Å². The minimum Gasteiger partial charge on any atom is -0.356 e. The van der Waals surface area contributed by atoms with Gasteiger partial charge in [0.25, 0.3) is 5.85 Å². The van der Waals surface area contributed by atoms with Gasteiger partial charge in [0.15, 0.2) is 5.49 Å². The Morgan fingerprint density at radius 2 is 2.04 bits per heavy atom. The van der Waals surface area contributed by atoms with E-state index in [0.717, 1.165) is 0 Å². The van der Waals surface area contributed by atoms with Crippen molar-refractivity contribution < 1.29 is 14.3 Å². The fraction of sp³-hybridized carbons (Fsp3) is 0.333. The monoisotopic (exact) mass is 376 g/mol. The number of rotatable bonds is 5. The number of aliphatic hydroxyl groups is 1. The van der Waals surface area contributed by atoms with Crippen LogP contribution >= 0.6 is 11.6 Å². The van der Waals surface area contributed by atoms with Crippen molar-refractivity contribution in [2.75, 3.05) is 6.54 Å². The normalized spacial score (nSPS) is 19.3. The molecule has 2 N–H and O–H groups in total. The molecule has 1 aliphatic rings. The highest BCUT2D eigenvalue weighted by Crippen LogP contribution is 2.28. The molecular formula is C18H18ClFN4O2. The number of nitrogens with zero attached hydrogens (tertiary/aromatic N) is 3. The molecule has 8 heteroatoms. The predicted octanol–water partition coefficient (Wildman–Crippen LogP) is 1.60. The largest absolute Gasteiger partial charge is 0.356 e. The SMILES string of the molecule is CC[C@H](CNC(C)=O)C1(O)N=c2ncc(Cl)c(-c3ccc(F)cc3)c2=N1. The zero-order valence-electron chi connectivity index (χ0n) is 14.3. The summed E-state index contributed by atoms with van der Waals surface area (Å²) in [6, 6.07) is 5.81. The first-order valence-electron chi connectivity index (χ1n) is 8.21. The number of carbonyl (C=O) groups excluding carboxylic acids is 1. The maximum atomic E-state index is 13.2. The Hall–Kier alpha value is -2.38. The molecule has 0 saturated heterocycles. The van der Waals surface area contributed by atoms with E-state index in [9.17, 15) is 14.3 Å². The summed E-state index contributed by atoms with van der Waals surface area (Å²) < 4.78 is 13.2. The maximum absolute atomic E-state index is 13.2. The highest BCUT2D eigenvalue weighted by Gasteiger charge is 2.38. The van der Waals surface area contributed by atoms with Gasteiger partial charge in [-0.3, -0.25) is 4.79 Å². The van der Waals surface area contributed by atoms with E-state index < -0.39 is 11.8 Å². The molecule has 2 aromatic rings. The van der Waals surface area contributed by atoms with E-state index in [0.29, 0.717) is 27.9 Å². The molecule has 1 unspecified atom stereocenters. The Morgan fingerprint density at radius 3 is 2.65 bits per heavy atom. The maximum Gasteiger partial charge on any atom is 0.261 e. The van der Waals surface area contributed by atoms with Crippen LogP contribution in [0.3, 0.4) is 0 Å². The highest BCUT2D eigenvalue weighted by molar-refractivity contribution is 6.33. The molecule has 1 amide bonds. The minimum absolute atomic E-state index is 0.198. The molecule has 0 fully saturated rings. The van der Waals surface area contributed by atoms with Gasteiger partial charge in [0.05, 0.1) is 5.02 Å². The molecule has 0 radical (unpaired) electrons. The zero-order valence-corrected chi connectivity index (χ0v) is 15.1. The van der Waals surface area contributed by atoms with Crippen LogP contribution in [0.1, 0.15) is 20.3 Å². The number of benzene rings is 1. The van der Waals surface area contributed by atoms with Crippen LogP contribution in [0, 0.1) is 11.7 Å². The number of pyridine rings is 1. The molecule has 26 heavy (non-hydrogen) atoms. The lowest BCUT2D eigenvalue weighted by Gasteiger charge is -2.26. The second-order valence-electron chi connectivity index (χ2n) is 6.11. The first-order chi connectivity index (χ1) is 12.3. The Balaban J connectivity index is 2.10. The van der Waals surface area contributed by atoms with E-state index >= 15 is 0 Å². The van der Waals surface area contributed by atoms with Gasteiger partial charge in [-0.2, -0.15) is 0 Å². The van der Waals surface area contributed by atoms with E-state index in [2.05, 4.69) is 20.3 Å². The summed E-state index contributed by atoms with van der Waals surface area (Å²) in [4.78, 5) is 24.0. The lowest BCUT2D eigenvalue weighted by atomic mass is 10.0. The molecule has 0 bridgehead atoms. The number of amides is 1. The van der Waals surface area contributed by atoms with Gasteiger partial charge in [0.2, 0.25) is 5.91 Å². The second-order valence-corrected chi connectivity index (χ2v) is 6.52. The molecule has 0 saturated carbocycles. The van der Waals surface area contributed by atoms with Crippen molar-refractivity contribution >= 4 is 17.5 Å². The molecule has 136 valence electrons. The number of hydrogen-bond donors (Lipinski definition) is 2. The lowest BCUT2D eigenvalue weighted by molar-refractivity contribution is -0.119. The van der Waals surface area contributed by atoms with Crippen molar-refractivity contribution in [3.05, 3.63) is 52.1 Å². The molecule has 2 heterocycles. The highest BCUT2D eigenvalue weighted by atomic mass is 35.5. The smallest absolute Gasteiger partial charge is 0.261 e. The van der Waals surface area contributed by atoms with Crippen LogP contribution in [-0.2, 0) is 4.79 Å². The molecule has 6 nitrogen and oxygen atoms in total. The summed E-state index contributed by atoms with van der Waals surface area (Å²) in [5, 5.41) is 14.3. The van der Waals surface area contributed by atoms with E-state index in [-0.39, 0.29) is 23.8 Å². The quantitative estimate of drug-likeness (QED) is 0.831. The fourth-order valence-corrected chi connectivity index (χ4v) is 3.14. The third kappa shape index (κ3) is 3.45. The number of nitrogens with one attached hydrogen (secondary N) is 1. The molecule has 2 atom stereocenters. The number of carbonyl (C=O) groups is 1. The molecule has 1 aromatic heterocycles. The minimum atomic E-state index is -1.74. The van der Waals surface area contributed by atoms with Crippen molar-refractivity contribution in [2.24, 2.45) is 15.9 Å². The Kier molecular flexibility index (Phi) is 5.02. The second kappa shape index (κ2) is 7.09. The summed E-state index contributed by atoms with van der Waals surface area (Å²) in [6.07, 6.45) is 1.97. The first-order valence-corrected chi connectivity index (χ1v) is 8.59. The van der Waals surface area contributed by atoms with Crippen LogP contribution in [0.2, 0.25) is 5.02 Å². The zero-order chi connectivity index (χ0) is 18.9. The Morgan fingerprint density at radius 1 is 1.35 bits per heavy atom. The third-order valence-corrected chi connectivity index (χ3v) is 4.59. The van der Waals surface area contributed by atoms with Gasteiger partial charge in [0, 0.05) is 31.1 Å². The van der Waals surface area contributed by atoms with Crippen molar-refractivity contribution in [1.82, 2.24) is 10.3 Å². The van der Waals surface area contributed by atoms with Gasteiger partial charge in [0.1, 0.15) is 11.2 Å². The Bertz CT molecular complexity index is 964. The van der Waals surface area contributed by atoms with Gasteiger partial charge in [-0.1, -0.05) is 30.7 Å². The van der Waals surface area contributed by atoms with Crippen LogP contribution in [0.5, 0.6) is 0 Å². The van der Waals surface area contributed by atoms with Crippen molar-refractivity contribution in [3.63, 3.8) is 0 Å². The van der Waals surface area contributed by atoms with Crippen LogP contribution in [0.4, 0.5) is 4.39 Å². The van der Waals surface area contributed by atoms with Crippen LogP contribution in [-0.4, -0.2) is 28.4 Å². The van der Waals surface area contributed by atoms with Crippen LogP contribution in [0.25, 0.3) is 11.1 Å². The summed E-state index contributed by atoms with van der Waals surface area (Å²) in [7, 11) is 0. The number of hydrogen-bond acceptors (Lipinski definition) is 5. The van der Waals surface area contributed by atoms with Gasteiger partial charge >= 0.3 is 0 Å². The molecule has 1 aliphatic heterocycles. The van der Waals surface area contributed by atoms with E-state index in [4.69, 9.17) is 11.6 Å². The average Bonchev–Trinajstić information content (AvgIpc) is 2.93. The Labute approximate surface area is 154 Å². The molecule has 1 aromatic carbocycles. The van der Waals surface area contributed by atoms with Gasteiger partial charge < -0.3 is 10.4 Å². The summed E-state index contributed by atoms with van der Waals surface area (Å²) in [6.45, 7) is 3.51. The van der Waals surface area contributed by atoms with Gasteiger partial charge in [-0.05, 0) is 24.1 Å². The molecule has 0 spiro atoms. The number of aromatic nitrogens is 1. The van der Waals surface area contributed by atoms with E-state index in [1.807, 2.05) is 6.92 Å². The predicted molar refractivity (Wildman–Crippen MR) is 94.4 cm³/mol. The van der Waals surface area contributed by atoms with Crippen molar-refractivity contribution in [2.45, 2.75) is 26.1 Å².